The number of amides is 1. The second-order valence-electron chi connectivity index (χ2n) is 13.5. The van der Waals surface area contributed by atoms with Gasteiger partial charge in [-0.1, -0.05) is 43.3 Å². The number of aliphatic carboxylic acids is 1. The van der Waals surface area contributed by atoms with Gasteiger partial charge in [0, 0.05) is 17.5 Å². The average Bonchev–Trinajstić information content (AvgIpc) is 3.66. The Labute approximate surface area is 289 Å². The molecule has 0 saturated carbocycles. The molecule has 3 aromatic carbocycles. The molecule has 7 nitrogen and oxygen atoms in total. The van der Waals surface area contributed by atoms with Gasteiger partial charge >= 0.3 is 18.3 Å². The number of halogens is 7. The van der Waals surface area contributed by atoms with Crippen molar-refractivity contribution >= 4 is 11.9 Å². The highest BCUT2D eigenvalue weighted by molar-refractivity contribution is 5.95. The minimum absolute atomic E-state index is 0.0321. The lowest BCUT2D eigenvalue weighted by Gasteiger charge is -2.44. The van der Waals surface area contributed by atoms with E-state index in [1.54, 1.807) is 6.92 Å². The minimum atomic E-state index is -5.12. The number of alkyl halides is 6. The zero-order chi connectivity index (χ0) is 36.8. The molecule has 2 fully saturated rings. The SMILES string of the molecule is CCC(O[C@H]1Cc2ccccc2C12CCN(CC[C@]1(c3ccc(F)cc3)CN(C(=O)c3cc(C(F)(F)F)cc(C(F)(F)F)c3)CO1)CC2)C(=O)O. The van der Waals surface area contributed by atoms with Crippen molar-refractivity contribution in [1.29, 1.82) is 0 Å². The Hall–Kier alpha value is -4.01. The summed E-state index contributed by atoms with van der Waals surface area (Å²) < 4.78 is 108. The van der Waals surface area contributed by atoms with Crippen LogP contribution in [0.25, 0.3) is 0 Å². The van der Waals surface area contributed by atoms with Crippen molar-refractivity contribution in [2.75, 3.05) is 32.9 Å². The molecule has 1 aliphatic carbocycles. The number of hydrogen-bond donors (Lipinski definition) is 1. The monoisotopic (exact) mass is 722 g/mol. The predicted molar refractivity (Wildman–Crippen MR) is 170 cm³/mol. The van der Waals surface area contributed by atoms with Gasteiger partial charge in [0.1, 0.15) is 18.1 Å². The predicted octanol–water partition coefficient (Wildman–Crippen LogP) is 7.42. The van der Waals surface area contributed by atoms with Gasteiger partial charge in [-0.25, -0.2) is 9.18 Å². The van der Waals surface area contributed by atoms with E-state index in [0.717, 1.165) is 16.0 Å². The first-order valence-electron chi connectivity index (χ1n) is 16.7. The molecule has 3 aromatic rings. The molecule has 274 valence electrons. The number of ether oxygens (including phenoxy) is 2. The summed E-state index contributed by atoms with van der Waals surface area (Å²) >= 11 is 0. The maximum Gasteiger partial charge on any atom is 0.416 e. The molecular formula is C37H37F7N2O5. The Morgan fingerprint density at radius 3 is 2.18 bits per heavy atom. The third-order valence-corrected chi connectivity index (χ3v) is 10.6. The number of fused-ring (bicyclic) bond motifs is 2. The summed E-state index contributed by atoms with van der Waals surface area (Å²) in [4.78, 5) is 28.6. The van der Waals surface area contributed by atoms with E-state index in [0.29, 0.717) is 63.0 Å². The molecule has 0 bridgehead atoms. The third-order valence-electron chi connectivity index (χ3n) is 10.6. The largest absolute Gasteiger partial charge is 0.479 e. The van der Waals surface area contributed by atoms with E-state index in [1.807, 2.05) is 18.2 Å². The van der Waals surface area contributed by atoms with Gasteiger partial charge in [-0.2, -0.15) is 26.3 Å². The minimum Gasteiger partial charge on any atom is -0.479 e. The van der Waals surface area contributed by atoms with Crippen LogP contribution in [0.15, 0.2) is 66.7 Å². The molecule has 51 heavy (non-hydrogen) atoms. The van der Waals surface area contributed by atoms with Gasteiger partial charge in [-0.05, 0) is 92.2 Å². The van der Waals surface area contributed by atoms with Crippen LogP contribution in [-0.2, 0) is 44.1 Å². The highest BCUT2D eigenvalue weighted by Gasteiger charge is 2.51. The summed E-state index contributed by atoms with van der Waals surface area (Å²) in [6, 6.07) is 14.2. The van der Waals surface area contributed by atoms with Gasteiger partial charge in [0.25, 0.3) is 5.91 Å². The Balaban J connectivity index is 1.21. The summed E-state index contributed by atoms with van der Waals surface area (Å²) in [6.45, 7) is 2.84. The lowest BCUT2D eigenvalue weighted by Crippen LogP contribution is -2.50. The van der Waals surface area contributed by atoms with Gasteiger partial charge in [-0.3, -0.25) is 4.79 Å². The number of rotatable bonds is 9. The number of carbonyl (C=O) groups is 2. The lowest BCUT2D eigenvalue weighted by molar-refractivity contribution is -0.158. The summed E-state index contributed by atoms with van der Waals surface area (Å²) in [5, 5.41) is 9.71. The van der Waals surface area contributed by atoms with Crippen LogP contribution in [0.5, 0.6) is 0 Å². The van der Waals surface area contributed by atoms with Gasteiger partial charge in [0.15, 0.2) is 6.10 Å². The first kappa shape index (κ1) is 36.8. The fourth-order valence-corrected chi connectivity index (χ4v) is 7.78. The quantitative estimate of drug-likeness (QED) is 0.232. The van der Waals surface area contributed by atoms with Crippen LogP contribution in [0, 0.1) is 5.82 Å². The normalized spacial score (nSPS) is 22.7. The Morgan fingerprint density at radius 2 is 1.59 bits per heavy atom. The van der Waals surface area contributed by atoms with Gasteiger partial charge < -0.3 is 24.4 Å². The summed E-state index contributed by atoms with van der Waals surface area (Å²) in [5.41, 5.74) is -2.82. The molecule has 6 rings (SSSR count). The number of benzene rings is 3. The van der Waals surface area contributed by atoms with Crippen molar-refractivity contribution in [3.63, 3.8) is 0 Å². The Kier molecular flexibility index (Phi) is 9.98. The van der Waals surface area contributed by atoms with Crippen LogP contribution >= 0.6 is 0 Å². The molecule has 1 spiro atoms. The van der Waals surface area contributed by atoms with Crippen molar-refractivity contribution in [1.82, 2.24) is 9.80 Å². The molecule has 1 amide bonds. The van der Waals surface area contributed by atoms with E-state index in [2.05, 4.69) is 11.0 Å². The number of carbonyl (C=O) groups excluding carboxylic acids is 1. The Bertz CT molecular complexity index is 1720. The number of carboxylic acid groups (broad SMARTS) is 1. The second kappa shape index (κ2) is 13.8. The van der Waals surface area contributed by atoms with Crippen molar-refractivity contribution in [3.8, 4) is 0 Å². The molecule has 0 radical (unpaired) electrons. The number of likely N-dealkylation sites (tertiary alicyclic amines) is 1. The highest BCUT2D eigenvalue weighted by Crippen LogP contribution is 2.49. The third kappa shape index (κ3) is 7.36. The topological polar surface area (TPSA) is 79.3 Å². The zero-order valence-corrected chi connectivity index (χ0v) is 27.7. The van der Waals surface area contributed by atoms with Crippen LogP contribution in [0.3, 0.4) is 0 Å². The average molecular weight is 723 g/mol. The smallest absolute Gasteiger partial charge is 0.416 e. The number of piperidine rings is 1. The van der Waals surface area contributed by atoms with E-state index >= 15 is 0 Å². The zero-order valence-electron chi connectivity index (χ0n) is 27.7. The molecule has 14 heteroatoms. The van der Waals surface area contributed by atoms with E-state index in [1.165, 1.54) is 24.3 Å². The molecule has 0 aromatic heterocycles. The molecule has 1 N–H and O–H groups in total. The van der Waals surface area contributed by atoms with Gasteiger partial charge in [0.05, 0.1) is 23.8 Å². The Morgan fingerprint density at radius 1 is 0.961 bits per heavy atom. The van der Waals surface area contributed by atoms with Crippen LogP contribution in [0.1, 0.15) is 70.8 Å². The van der Waals surface area contributed by atoms with Crippen molar-refractivity contribution in [2.24, 2.45) is 0 Å². The van der Waals surface area contributed by atoms with Crippen LogP contribution in [0.2, 0.25) is 0 Å². The van der Waals surface area contributed by atoms with Crippen molar-refractivity contribution < 1.29 is 54.9 Å². The van der Waals surface area contributed by atoms with Crippen molar-refractivity contribution in [2.45, 2.75) is 74.6 Å². The molecule has 1 unspecified atom stereocenters. The van der Waals surface area contributed by atoms with Gasteiger partial charge in [-0.15, -0.1) is 0 Å². The standard InChI is InChI=1S/C37H37F7N2O5/c1-2-30(33(48)49)51-31-19-23-5-3-4-6-29(23)34(31)11-14-45(15-12-34)16-13-35(25-7-9-28(38)10-8-25)21-46(22-50-35)32(47)24-17-26(36(39,40)41)20-27(18-24)37(42,43)44/h3-10,17-18,20,30-31H,2,11-16,19,21-22H2,1H3,(H,48,49)/t30?,31-,35+/m0/s1. The maximum atomic E-state index is 14.0. The first-order valence-corrected chi connectivity index (χ1v) is 16.7. The van der Waals surface area contributed by atoms with E-state index in [4.69, 9.17) is 9.47 Å². The molecule has 3 atom stereocenters. The molecule has 3 aliphatic rings. The van der Waals surface area contributed by atoms with Crippen LogP contribution in [0.4, 0.5) is 30.7 Å². The summed E-state index contributed by atoms with van der Waals surface area (Å²) in [5.74, 6) is -2.59. The maximum absolute atomic E-state index is 14.0. The fraction of sp³-hybridized carbons (Fsp3) is 0.459. The van der Waals surface area contributed by atoms with Gasteiger partial charge in [0.2, 0.25) is 0 Å². The molecular weight excluding hydrogens is 685 g/mol. The molecule has 2 saturated heterocycles. The molecule has 2 heterocycles. The van der Waals surface area contributed by atoms with Crippen LogP contribution < -0.4 is 0 Å². The van der Waals surface area contributed by atoms with E-state index in [-0.39, 0.29) is 25.1 Å². The molecule has 2 aliphatic heterocycles. The van der Waals surface area contributed by atoms with E-state index in [9.17, 15) is 45.4 Å². The second-order valence-corrected chi connectivity index (χ2v) is 13.5. The highest BCUT2D eigenvalue weighted by atomic mass is 19.4. The lowest BCUT2D eigenvalue weighted by atomic mass is 9.72. The van der Waals surface area contributed by atoms with Crippen molar-refractivity contribution in [3.05, 3.63) is 106 Å². The summed E-state index contributed by atoms with van der Waals surface area (Å²) in [6.07, 6.45) is -8.94. The first-order chi connectivity index (χ1) is 24.0. The number of carboxylic acids is 1. The number of nitrogens with zero attached hydrogens (tertiary/aromatic N) is 2. The number of hydrogen-bond acceptors (Lipinski definition) is 5. The van der Waals surface area contributed by atoms with E-state index < -0.39 is 70.6 Å². The fourth-order valence-electron chi connectivity index (χ4n) is 7.78. The van der Waals surface area contributed by atoms with Crippen LogP contribution in [-0.4, -0.2) is 71.9 Å². The summed E-state index contributed by atoms with van der Waals surface area (Å²) in [7, 11) is 0.